The largest absolute Gasteiger partial charge is 0.481 e. The maximum Gasteiger partial charge on any atom is 0.481 e. The number of benzene rings is 1. The molecule has 0 radical (unpaired) electrons. The lowest BCUT2D eigenvalue weighted by Gasteiger charge is -2.64. The van der Waals surface area contributed by atoms with Crippen molar-refractivity contribution in [2.75, 3.05) is 13.2 Å². The van der Waals surface area contributed by atoms with Crippen LogP contribution in [0, 0.1) is 29.1 Å². The summed E-state index contributed by atoms with van der Waals surface area (Å²) in [6.07, 6.45) is 4.86. The zero-order chi connectivity index (χ0) is 22.8. The first-order chi connectivity index (χ1) is 15.8. The number of amides is 1. The second-order valence-electron chi connectivity index (χ2n) is 11.9. The van der Waals surface area contributed by atoms with E-state index in [2.05, 4.69) is 55.7 Å². The Labute approximate surface area is 197 Å². The summed E-state index contributed by atoms with van der Waals surface area (Å²) in [4.78, 5) is 12.8. The van der Waals surface area contributed by atoms with E-state index in [1.807, 2.05) is 6.07 Å². The monoisotopic (exact) mass is 452 g/mol. The van der Waals surface area contributed by atoms with Crippen molar-refractivity contribution in [2.45, 2.75) is 76.6 Å². The normalized spacial score (nSPS) is 40.4. The molecule has 2 heterocycles. The minimum atomic E-state index is -0.441. The summed E-state index contributed by atoms with van der Waals surface area (Å²) in [7, 11) is -0.441. The van der Waals surface area contributed by atoms with Crippen molar-refractivity contribution in [2.24, 2.45) is 29.1 Å². The van der Waals surface area contributed by atoms with Crippen LogP contribution in [0.15, 0.2) is 30.3 Å². The van der Waals surface area contributed by atoms with Gasteiger partial charge in [0.1, 0.15) is 6.61 Å². The summed E-state index contributed by atoms with van der Waals surface area (Å²) in [5.74, 6) is 2.44. The van der Waals surface area contributed by atoms with Crippen LogP contribution in [0.2, 0.25) is 0 Å². The van der Waals surface area contributed by atoms with Crippen LogP contribution in [0.4, 0.5) is 4.79 Å². The van der Waals surface area contributed by atoms with Gasteiger partial charge < -0.3 is 24.7 Å². The number of rotatable bonds is 7. The summed E-state index contributed by atoms with van der Waals surface area (Å²) in [5.41, 5.74) is 1.26. The maximum absolute atomic E-state index is 12.8. The fraction of sp³-hybridized carbons (Fsp3) is 0.731. The first-order valence-corrected chi connectivity index (χ1v) is 12.9. The number of ether oxygens (including phenoxy) is 1. The molecule has 8 atom stereocenters. The number of aryl methyl sites for hydroxylation is 1. The quantitative estimate of drug-likeness (QED) is 0.619. The molecule has 7 rings (SSSR count). The SMILES string of the molecule is CC1(C)[C@@H]2C[C@H]3OB([C@H](CCc4ccccc4)NC(=O)OC[C@@H]4NC[C@@H]5C[C@@H]54)O[C@@]3(C)[C@H]1C2. The van der Waals surface area contributed by atoms with E-state index in [1.165, 1.54) is 18.4 Å². The highest BCUT2D eigenvalue weighted by atomic mass is 16.7. The van der Waals surface area contributed by atoms with Crippen LogP contribution < -0.4 is 10.6 Å². The molecule has 2 bridgehead atoms. The van der Waals surface area contributed by atoms with E-state index in [-0.39, 0.29) is 23.7 Å². The second kappa shape index (κ2) is 7.99. The molecule has 33 heavy (non-hydrogen) atoms. The molecule has 1 aromatic rings. The number of carbonyl (C=O) groups excluding carboxylic acids is 1. The summed E-state index contributed by atoms with van der Waals surface area (Å²) >= 11 is 0. The first-order valence-electron chi connectivity index (χ1n) is 12.9. The molecule has 6 nitrogen and oxygen atoms in total. The zero-order valence-electron chi connectivity index (χ0n) is 20.1. The van der Waals surface area contributed by atoms with Gasteiger partial charge in [0.05, 0.1) is 17.6 Å². The third-order valence-corrected chi connectivity index (χ3v) is 9.72. The molecule has 6 fully saturated rings. The van der Waals surface area contributed by atoms with Gasteiger partial charge >= 0.3 is 13.2 Å². The number of carbonyl (C=O) groups is 1. The fourth-order valence-electron chi connectivity index (χ4n) is 7.31. The number of hydrogen-bond acceptors (Lipinski definition) is 5. The predicted octanol–water partition coefficient (Wildman–Crippen LogP) is 3.59. The number of alkyl carbamates (subject to hydrolysis) is 1. The second-order valence-corrected chi connectivity index (χ2v) is 11.9. The average molecular weight is 452 g/mol. The first kappa shape index (κ1) is 21.9. The lowest BCUT2D eigenvalue weighted by atomic mass is 9.43. The van der Waals surface area contributed by atoms with Gasteiger partial charge in [-0.25, -0.2) is 4.79 Å². The van der Waals surface area contributed by atoms with Gasteiger partial charge in [-0.15, -0.1) is 0 Å². The Kier molecular flexibility index (Phi) is 5.31. The van der Waals surface area contributed by atoms with Crippen molar-refractivity contribution in [3.63, 3.8) is 0 Å². The molecule has 0 spiro atoms. The van der Waals surface area contributed by atoms with E-state index >= 15 is 0 Å². The average Bonchev–Trinajstić information content (AvgIpc) is 3.32. The number of hydrogen-bond donors (Lipinski definition) is 2. The third-order valence-electron chi connectivity index (χ3n) is 9.72. The van der Waals surface area contributed by atoms with E-state index in [1.54, 1.807) is 0 Å². The fourth-order valence-corrected chi connectivity index (χ4v) is 7.31. The topological polar surface area (TPSA) is 68.8 Å². The van der Waals surface area contributed by atoms with Crippen LogP contribution >= 0.6 is 0 Å². The van der Waals surface area contributed by atoms with Crippen molar-refractivity contribution in [1.29, 1.82) is 0 Å². The molecule has 4 saturated carbocycles. The van der Waals surface area contributed by atoms with Gasteiger partial charge in [0.2, 0.25) is 0 Å². The van der Waals surface area contributed by atoms with Crippen molar-refractivity contribution < 1.29 is 18.8 Å². The molecule has 2 saturated heterocycles. The van der Waals surface area contributed by atoms with Crippen molar-refractivity contribution in [1.82, 2.24) is 10.6 Å². The standard InChI is InChI=1S/C26H37BN2O4/c1-25(2)18-12-21(25)26(3)22(13-18)32-27(33-26)23(10-9-16-7-5-4-6-8-16)29-24(30)31-15-20-19-11-17(19)14-28-20/h4-8,17-23,28H,9-15H2,1-3H3,(H,29,30)/t17-,18-,19-,20-,21-,22+,23-,26-/m0/s1. The van der Waals surface area contributed by atoms with E-state index in [4.69, 9.17) is 14.0 Å². The summed E-state index contributed by atoms with van der Waals surface area (Å²) in [5, 5.41) is 6.59. The highest BCUT2D eigenvalue weighted by molar-refractivity contribution is 6.47. The van der Waals surface area contributed by atoms with E-state index in [9.17, 15) is 4.79 Å². The summed E-state index contributed by atoms with van der Waals surface area (Å²) in [6, 6.07) is 10.7. The van der Waals surface area contributed by atoms with Crippen LogP contribution in [-0.2, 0) is 20.5 Å². The Bertz CT molecular complexity index is 898. The molecule has 1 aromatic carbocycles. The molecule has 0 aromatic heterocycles. The molecule has 0 unspecified atom stereocenters. The number of piperidine rings is 1. The Hall–Kier alpha value is -1.57. The molecule has 2 N–H and O–H groups in total. The van der Waals surface area contributed by atoms with Gasteiger partial charge in [-0.2, -0.15) is 0 Å². The number of fused-ring (bicyclic) bond motifs is 1. The summed E-state index contributed by atoms with van der Waals surface area (Å²) in [6.45, 7) is 8.46. The van der Waals surface area contributed by atoms with Gasteiger partial charge in [0.25, 0.3) is 0 Å². The minimum Gasteiger partial charge on any atom is -0.448 e. The molecule has 178 valence electrons. The molecule has 6 aliphatic rings. The van der Waals surface area contributed by atoms with Crippen molar-refractivity contribution in [3.8, 4) is 0 Å². The predicted molar refractivity (Wildman–Crippen MR) is 127 cm³/mol. The van der Waals surface area contributed by atoms with E-state index in [0.717, 1.165) is 31.7 Å². The van der Waals surface area contributed by atoms with Gasteiger partial charge in [-0.05, 0) is 80.2 Å². The molecule has 2 aliphatic heterocycles. The minimum absolute atomic E-state index is 0.103. The van der Waals surface area contributed by atoms with Crippen LogP contribution in [-0.4, -0.2) is 50.1 Å². The lowest BCUT2D eigenvalue weighted by molar-refractivity contribution is -0.199. The Morgan fingerprint density at radius 1 is 1.24 bits per heavy atom. The molecular formula is C26H37BN2O4. The van der Waals surface area contributed by atoms with Crippen molar-refractivity contribution in [3.05, 3.63) is 35.9 Å². The van der Waals surface area contributed by atoms with Crippen LogP contribution in [0.1, 0.15) is 52.0 Å². The van der Waals surface area contributed by atoms with E-state index < -0.39 is 7.12 Å². The maximum atomic E-state index is 12.8. The molecule has 4 aliphatic carbocycles. The Balaban J connectivity index is 1.12. The number of nitrogens with one attached hydrogen (secondary N) is 2. The van der Waals surface area contributed by atoms with Gasteiger partial charge in [-0.1, -0.05) is 44.2 Å². The van der Waals surface area contributed by atoms with Crippen LogP contribution in [0.5, 0.6) is 0 Å². The Morgan fingerprint density at radius 3 is 2.76 bits per heavy atom. The van der Waals surface area contributed by atoms with Crippen LogP contribution in [0.3, 0.4) is 0 Å². The zero-order valence-corrected chi connectivity index (χ0v) is 20.1. The smallest absolute Gasteiger partial charge is 0.448 e. The van der Waals surface area contributed by atoms with Crippen LogP contribution in [0.25, 0.3) is 0 Å². The molecule has 1 amide bonds. The van der Waals surface area contributed by atoms with Crippen molar-refractivity contribution >= 4 is 13.2 Å². The lowest BCUT2D eigenvalue weighted by Crippen LogP contribution is -2.65. The van der Waals surface area contributed by atoms with Gasteiger partial charge in [-0.3, -0.25) is 0 Å². The van der Waals surface area contributed by atoms with Gasteiger partial charge in [0, 0.05) is 6.04 Å². The molecular weight excluding hydrogens is 415 g/mol. The van der Waals surface area contributed by atoms with Gasteiger partial charge in [0.15, 0.2) is 0 Å². The highest BCUT2D eigenvalue weighted by Gasteiger charge is 2.68. The van der Waals surface area contributed by atoms with E-state index in [0.29, 0.717) is 35.8 Å². The summed E-state index contributed by atoms with van der Waals surface area (Å²) < 4.78 is 18.8. The third kappa shape index (κ3) is 3.80. The highest BCUT2D eigenvalue weighted by Crippen LogP contribution is 2.65. The molecule has 7 heteroatoms. The Morgan fingerprint density at radius 2 is 2.06 bits per heavy atom.